The van der Waals surface area contributed by atoms with E-state index in [0.717, 1.165) is 0 Å². The average molecular weight is 336 g/mol. The molecule has 3 rings (SSSR count). The number of fused-ring (bicyclic) bond motifs is 1. The second-order valence-electron chi connectivity index (χ2n) is 6.27. The summed E-state index contributed by atoms with van der Waals surface area (Å²) in [6.45, 7) is 1.15. The Morgan fingerprint density at radius 1 is 1.29 bits per heavy atom. The number of nitrogens with one attached hydrogen (secondary N) is 1. The zero-order valence-electron chi connectivity index (χ0n) is 13.3. The van der Waals surface area contributed by atoms with Crippen molar-refractivity contribution >= 4 is 12.0 Å². The molecule has 1 saturated heterocycles. The number of carbonyl (C=O) groups excluding carboxylic acids is 1. The van der Waals surface area contributed by atoms with Crippen molar-refractivity contribution < 1.29 is 23.8 Å². The molecule has 2 unspecified atom stereocenters. The van der Waals surface area contributed by atoms with Crippen LogP contribution in [0.3, 0.4) is 0 Å². The zero-order valence-corrected chi connectivity index (χ0v) is 13.3. The van der Waals surface area contributed by atoms with Crippen LogP contribution in [0.2, 0.25) is 0 Å². The molecule has 2 aliphatic rings. The average Bonchev–Trinajstić information content (AvgIpc) is 2.78. The molecule has 1 aromatic carbocycles. The van der Waals surface area contributed by atoms with E-state index in [9.17, 15) is 14.0 Å². The molecule has 130 valence electrons. The first-order valence-electron chi connectivity index (χ1n) is 8.25. The lowest BCUT2D eigenvalue weighted by Gasteiger charge is -2.32. The molecule has 0 spiro atoms. The van der Waals surface area contributed by atoms with Gasteiger partial charge in [-0.15, -0.1) is 0 Å². The number of nitrogens with zero attached hydrogens (tertiary/aromatic N) is 1. The minimum absolute atomic E-state index is 0.197. The lowest BCUT2D eigenvalue weighted by molar-refractivity contribution is -0.143. The summed E-state index contributed by atoms with van der Waals surface area (Å²) in [4.78, 5) is 25.2. The van der Waals surface area contributed by atoms with Crippen molar-refractivity contribution in [2.24, 2.45) is 5.92 Å². The minimum atomic E-state index is -0.872. The molecule has 0 radical (unpaired) electrons. The smallest absolute Gasteiger partial charge is 0.317 e. The van der Waals surface area contributed by atoms with Crippen molar-refractivity contribution in [3.05, 3.63) is 29.6 Å². The molecule has 6 nitrogen and oxygen atoms in total. The zero-order chi connectivity index (χ0) is 17.1. The maximum Gasteiger partial charge on any atom is 0.317 e. The van der Waals surface area contributed by atoms with Crippen molar-refractivity contribution in [1.29, 1.82) is 0 Å². The van der Waals surface area contributed by atoms with Crippen LogP contribution in [-0.2, 0) is 4.79 Å². The Morgan fingerprint density at radius 2 is 2.12 bits per heavy atom. The SMILES string of the molecule is O=C(O)C1CCCN(C(=O)NC2CCCOc3c(F)cccc32)C1. The van der Waals surface area contributed by atoms with Crippen LogP contribution in [0.25, 0.3) is 0 Å². The molecule has 1 fully saturated rings. The van der Waals surface area contributed by atoms with Gasteiger partial charge in [0, 0.05) is 18.7 Å². The highest BCUT2D eigenvalue weighted by Gasteiger charge is 2.30. The predicted molar refractivity (Wildman–Crippen MR) is 84.3 cm³/mol. The number of urea groups is 1. The van der Waals surface area contributed by atoms with Crippen molar-refractivity contribution in [3.63, 3.8) is 0 Å². The van der Waals surface area contributed by atoms with Crippen molar-refractivity contribution in [2.45, 2.75) is 31.7 Å². The molecule has 1 aromatic rings. The summed E-state index contributed by atoms with van der Waals surface area (Å²) in [7, 11) is 0. The van der Waals surface area contributed by atoms with E-state index in [2.05, 4.69) is 5.32 Å². The fourth-order valence-corrected chi connectivity index (χ4v) is 3.32. The van der Waals surface area contributed by atoms with E-state index in [1.807, 2.05) is 0 Å². The molecule has 0 saturated carbocycles. The number of carboxylic acid groups (broad SMARTS) is 1. The Kier molecular flexibility index (Phi) is 4.87. The first-order valence-corrected chi connectivity index (χ1v) is 8.25. The highest BCUT2D eigenvalue weighted by Crippen LogP contribution is 2.33. The fourth-order valence-electron chi connectivity index (χ4n) is 3.32. The number of carbonyl (C=O) groups is 2. The number of halogens is 1. The normalized spacial score (nSPS) is 23.6. The van der Waals surface area contributed by atoms with Gasteiger partial charge in [-0.05, 0) is 31.7 Å². The number of amides is 2. The van der Waals surface area contributed by atoms with E-state index in [0.29, 0.717) is 44.4 Å². The number of piperidine rings is 1. The molecule has 2 aliphatic heterocycles. The van der Waals surface area contributed by atoms with Gasteiger partial charge in [0.1, 0.15) is 0 Å². The third-order valence-corrected chi connectivity index (χ3v) is 4.61. The van der Waals surface area contributed by atoms with Crippen LogP contribution in [-0.4, -0.2) is 41.7 Å². The standard InChI is InChI=1S/C17H21FN2O4/c18-13-6-1-5-12-14(7-3-9-24-15(12)13)19-17(23)20-8-2-4-11(10-20)16(21)22/h1,5-6,11,14H,2-4,7-10H2,(H,19,23)(H,21,22). The Morgan fingerprint density at radius 3 is 2.92 bits per heavy atom. The van der Waals surface area contributed by atoms with Gasteiger partial charge < -0.3 is 20.1 Å². The van der Waals surface area contributed by atoms with Gasteiger partial charge in [0.15, 0.2) is 11.6 Å². The second kappa shape index (κ2) is 7.07. The molecule has 24 heavy (non-hydrogen) atoms. The molecule has 2 atom stereocenters. The summed E-state index contributed by atoms with van der Waals surface area (Å²) in [6.07, 6.45) is 2.61. The van der Waals surface area contributed by atoms with Crippen LogP contribution in [0.4, 0.5) is 9.18 Å². The summed E-state index contributed by atoms with van der Waals surface area (Å²) in [6, 6.07) is 4.05. The summed E-state index contributed by atoms with van der Waals surface area (Å²) >= 11 is 0. The summed E-state index contributed by atoms with van der Waals surface area (Å²) < 4.78 is 19.4. The van der Waals surface area contributed by atoms with E-state index >= 15 is 0 Å². The van der Waals surface area contributed by atoms with Crippen molar-refractivity contribution in [1.82, 2.24) is 10.2 Å². The van der Waals surface area contributed by atoms with Gasteiger partial charge in [-0.25, -0.2) is 9.18 Å². The van der Waals surface area contributed by atoms with Crippen LogP contribution >= 0.6 is 0 Å². The van der Waals surface area contributed by atoms with Gasteiger partial charge in [-0.1, -0.05) is 12.1 Å². The number of hydrogen-bond acceptors (Lipinski definition) is 3. The first kappa shape index (κ1) is 16.5. The predicted octanol–water partition coefficient (Wildman–Crippen LogP) is 2.55. The number of benzene rings is 1. The van der Waals surface area contributed by atoms with Gasteiger partial charge in [0.25, 0.3) is 0 Å². The van der Waals surface area contributed by atoms with E-state index in [1.54, 1.807) is 12.1 Å². The number of carboxylic acids is 1. The Hall–Kier alpha value is -2.31. The van der Waals surface area contributed by atoms with E-state index < -0.39 is 17.7 Å². The first-order chi connectivity index (χ1) is 11.6. The quantitative estimate of drug-likeness (QED) is 0.870. The van der Waals surface area contributed by atoms with Crippen LogP contribution in [0.15, 0.2) is 18.2 Å². The van der Waals surface area contributed by atoms with Crippen molar-refractivity contribution in [3.8, 4) is 5.75 Å². The Balaban J connectivity index is 1.72. The summed E-state index contributed by atoms with van der Waals surface area (Å²) in [5.74, 6) is -1.63. The molecule has 2 amide bonds. The summed E-state index contributed by atoms with van der Waals surface area (Å²) in [5, 5.41) is 12.1. The topological polar surface area (TPSA) is 78.9 Å². The summed E-state index contributed by atoms with van der Waals surface area (Å²) in [5.41, 5.74) is 0.632. The third-order valence-electron chi connectivity index (χ3n) is 4.61. The lowest BCUT2D eigenvalue weighted by atomic mass is 9.98. The lowest BCUT2D eigenvalue weighted by Crippen LogP contribution is -2.47. The molecule has 0 bridgehead atoms. The number of hydrogen-bond donors (Lipinski definition) is 2. The van der Waals surface area contributed by atoms with Gasteiger partial charge in [-0.3, -0.25) is 4.79 Å². The number of para-hydroxylation sites is 1. The number of likely N-dealkylation sites (tertiary alicyclic amines) is 1. The molecule has 7 heteroatoms. The minimum Gasteiger partial charge on any atom is -0.490 e. The Labute approximate surface area is 139 Å². The molecular weight excluding hydrogens is 315 g/mol. The molecule has 2 N–H and O–H groups in total. The highest BCUT2D eigenvalue weighted by atomic mass is 19.1. The van der Waals surface area contributed by atoms with E-state index in [4.69, 9.17) is 9.84 Å². The third kappa shape index (κ3) is 3.44. The molecule has 0 aliphatic carbocycles. The molecule has 0 aromatic heterocycles. The number of rotatable bonds is 2. The van der Waals surface area contributed by atoms with Crippen LogP contribution < -0.4 is 10.1 Å². The molecule has 2 heterocycles. The number of ether oxygens (including phenoxy) is 1. The van der Waals surface area contributed by atoms with Gasteiger partial charge in [0.05, 0.1) is 18.6 Å². The second-order valence-corrected chi connectivity index (χ2v) is 6.27. The monoisotopic (exact) mass is 336 g/mol. The highest BCUT2D eigenvalue weighted by molar-refractivity contribution is 5.77. The fraction of sp³-hybridized carbons (Fsp3) is 0.529. The molecular formula is C17H21FN2O4. The van der Waals surface area contributed by atoms with Gasteiger partial charge in [0.2, 0.25) is 0 Å². The van der Waals surface area contributed by atoms with Crippen LogP contribution in [0, 0.1) is 11.7 Å². The maximum atomic E-state index is 13.9. The van der Waals surface area contributed by atoms with Gasteiger partial charge >= 0.3 is 12.0 Å². The van der Waals surface area contributed by atoms with E-state index in [-0.39, 0.29) is 24.4 Å². The van der Waals surface area contributed by atoms with E-state index in [1.165, 1.54) is 11.0 Å². The largest absolute Gasteiger partial charge is 0.490 e. The Bertz CT molecular complexity index is 637. The van der Waals surface area contributed by atoms with Gasteiger partial charge in [-0.2, -0.15) is 0 Å². The number of aliphatic carboxylic acids is 1. The van der Waals surface area contributed by atoms with Crippen molar-refractivity contribution in [2.75, 3.05) is 19.7 Å². The van der Waals surface area contributed by atoms with Crippen LogP contribution in [0.1, 0.15) is 37.3 Å². The maximum absolute atomic E-state index is 13.9. The van der Waals surface area contributed by atoms with Crippen LogP contribution in [0.5, 0.6) is 5.75 Å².